The summed E-state index contributed by atoms with van der Waals surface area (Å²) in [6, 6.07) is 1.65. The molecule has 0 amide bonds. The SMILES string of the molecule is CCC(Nc1nn2c(=O)ccnc2s1)C1CCCO1. The number of anilines is 1. The van der Waals surface area contributed by atoms with Crippen molar-refractivity contribution in [1.82, 2.24) is 14.6 Å². The van der Waals surface area contributed by atoms with Crippen LogP contribution in [0.2, 0.25) is 0 Å². The Labute approximate surface area is 114 Å². The van der Waals surface area contributed by atoms with Gasteiger partial charge in [-0.15, -0.1) is 5.10 Å². The first-order valence-corrected chi connectivity index (χ1v) is 7.32. The molecule has 1 aliphatic rings. The van der Waals surface area contributed by atoms with Gasteiger partial charge in [0.15, 0.2) is 0 Å². The van der Waals surface area contributed by atoms with Crippen molar-refractivity contribution in [3.05, 3.63) is 22.6 Å². The zero-order valence-electron chi connectivity index (χ0n) is 10.7. The van der Waals surface area contributed by atoms with Crippen molar-refractivity contribution in [3.8, 4) is 0 Å². The number of hydrogen-bond donors (Lipinski definition) is 1. The molecule has 0 saturated carbocycles. The fraction of sp³-hybridized carbons (Fsp3) is 0.583. The van der Waals surface area contributed by atoms with Crippen molar-refractivity contribution in [2.24, 2.45) is 0 Å². The van der Waals surface area contributed by atoms with Crippen LogP contribution in [-0.4, -0.2) is 33.4 Å². The summed E-state index contributed by atoms with van der Waals surface area (Å²) in [4.78, 5) is 16.4. The van der Waals surface area contributed by atoms with E-state index in [-0.39, 0.29) is 17.7 Å². The number of hydrogen-bond acceptors (Lipinski definition) is 6. The lowest BCUT2D eigenvalue weighted by Crippen LogP contribution is -2.32. The van der Waals surface area contributed by atoms with Crippen molar-refractivity contribution in [2.75, 3.05) is 11.9 Å². The number of fused-ring (bicyclic) bond motifs is 1. The van der Waals surface area contributed by atoms with E-state index in [4.69, 9.17) is 4.74 Å². The molecule has 0 radical (unpaired) electrons. The van der Waals surface area contributed by atoms with Crippen LogP contribution in [0, 0.1) is 0 Å². The van der Waals surface area contributed by atoms with Gasteiger partial charge in [0, 0.05) is 18.9 Å². The summed E-state index contributed by atoms with van der Waals surface area (Å²) in [5.74, 6) is 0. The third-order valence-corrected chi connectivity index (χ3v) is 4.19. The Kier molecular flexibility index (Phi) is 3.48. The minimum Gasteiger partial charge on any atom is -0.376 e. The van der Waals surface area contributed by atoms with Gasteiger partial charge in [-0.3, -0.25) is 4.79 Å². The highest BCUT2D eigenvalue weighted by Gasteiger charge is 2.25. The molecule has 0 bridgehead atoms. The minimum absolute atomic E-state index is 0.153. The second-order valence-corrected chi connectivity index (χ2v) is 5.55. The molecule has 0 aliphatic carbocycles. The summed E-state index contributed by atoms with van der Waals surface area (Å²) in [5, 5.41) is 8.36. The predicted molar refractivity (Wildman–Crippen MR) is 73.8 cm³/mol. The number of ether oxygens (including phenoxy) is 1. The molecule has 1 aliphatic heterocycles. The van der Waals surface area contributed by atoms with E-state index in [0.29, 0.717) is 4.96 Å². The largest absolute Gasteiger partial charge is 0.376 e. The Morgan fingerprint density at radius 1 is 1.68 bits per heavy atom. The molecule has 7 heteroatoms. The van der Waals surface area contributed by atoms with Crippen LogP contribution in [-0.2, 0) is 4.74 Å². The average Bonchev–Trinajstić information content (AvgIpc) is 3.05. The van der Waals surface area contributed by atoms with Crippen LogP contribution in [0.3, 0.4) is 0 Å². The van der Waals surface area contributed by atoms with Crippen LogP contribution in [0.15, 0.2) is 17.1 Å². The molecule has 0 aromatic carbocycles. The minimum atomic E-state index is -0.153. The van der Waals surface area contributed by atoms with Gasteiger partial charge in [-0.2, -0.15) is 4.52 Å². The van der Waals surface area contributed by atoms with Gasteiger partial charge in [0.05, 0.1) is 12.1 Å². The third-order valence-electron chi connectivity index (χ3n) is 3.33. The van der Waals surface area contributed by atoms with E-state index in [1.807, 2.05) is 0 Å². The number of aromatic nitrogens is 3. The topological polar surface area (TPSA) is 68.5 Å². The summed E-state index contributed by atoms with van der Waals surface area (Å²) >= 11 is 1.39. The van der Waals surface area contributed by atoms with Gasteiger partial charge in [0.1, 0.15) is 0 Å². The van der Waals surface area contributed by atoms with Crippen LogP contribution in [0.25, 0.3) is 4.96 Å². The predicted octanol–water partition coefficient (Wildman–Crippen LogP) is 1.52. The first-order valence-electron chi connectivity index (χ1n) is 6.51. The zero-order valence-corrected chi connectivity index (χ0v) is 11.5. The molecule has 2 aromatic rings. The number of nitrogens with zero attached hydrogens (tertiary/aromatic N) is 3. The molecule has 19 heavy (non-hydrogen) atoms. The Morgan fingerprint density at radius 3 is 3.26 bits per heavy atom. The van der Waals surface area contributed by atoms with Crippen molar-refractivity contribution in [2.45, 2.75) is 38.3 Å². The fourth-order valence-corrected chi connectivity index (χ4v) is 3.17. The molecule has 2 atom stereocenters. The Hall–Kier alpha value is -1.47. The van der Waals surface area contributed by atoms with Crippen LogP contribution in [0.4, 0.5) is 5.13 Å². The summed E-state index contributed by atoms with van der Waals surface area (Å²) < 4.78 is 7.03. The van der Waals surface area contributed by atoms with Gasteiger partial charge in [-0.1, -0.05) is 18.3 Å². The maximum atomic E-state index is 11.6. The maximum Gasteiger partial charge on any atom is 0.275 e. The number of nitrogens with one attached hydrogen (secondary N) is 1. The Morgan fingerprint density at radius 2 is 2.58 bits per heavy atom. The summed E-state index contributed by atoms with van der Waals surface area (Å²) in [6.45, 7) is 2.96. The second-order valence-electron chi connectivity index (χ2n) is 4.60. The second kappa shape index (κ2) is 5.26. The van der Waals surface area contributed by atoms with E-state index in [9.17, 15) is 4.79 Å². The first kappa shape index (κ1) is 12.6. The lowest BCUT2D eigenvalue weighted by molar-refractivity contribution is 0.0943. The molecule has 1 saturated heterocycles. The fourth-order valence-electron chi connectivity index (χ4n) is 2.34. The van der Waals surface area contributed by atoms with E-state index in [0.717, 1.165) is 31.0 Å². The molecule has 2 unspecified atom stereocenters. The van der Waals surface area contributed by atoms with E-state index in [1.165, 1.54) is 28.1 Å². The van der Waals surface area contributed by atoms with Crippen molar-refractivity contribution in [1.29, 1.82) is 0 Å². The van der Waals surface area contributed by atoms with Gasteiger partial charge in [0.25, 0.3) is 5.56 Å². The quantitative estimate of drug-likeness (QED) is 0.919. The van der Waals surface area contributed by atoms with E-state index in [2.05, 4.69) is 22.3 Å². The molecule has 1 N–H and O–H groups in total. The molecule has 3 rings (SSSR count). The van der Waals surface area contributed by atoms with Crippen molar-refractivity contribution >= 4 is 21.4 Å². The lowest BCUT2D eigenvalue weighted by atomic mass is 10.1. The molecule has 1 fully saturated rings. The molecule has 3 heterocycles. The molecule has 0 spiro atoms. The first-order chi connectivity index (χ1) is 9.28. The molecular weight excluding hydrogens is 264 g/mol. The van der Waals surface area contributed by atoms with Gasteiger partial charge in [-0.05, 0) is 19.3 Å². The highest BCUT2D eigenvalue weighted by atomic mass is 32.1. The summed E-state index contributed by atoms with van der Waals surface area (Å²) in [5.41, 5.74) is -0.153. The van der Waals surface area contributed by atoms with Gasteiger partial charge in [0.2, 0.25) is 10.1 Å². The van der Waals surface area contributed by atoms with Gasteiger partial charge in [-0.25, -0.2) is 4.98 Å². The highest BCUT2D eigenvalue weighted by molar-refractivity contribution is 7.20. The summed E-state index contributed by atoms with van der Waals surface area (Å²) in [7, 11) is 0. The van der Waals surface area contributed by atoms with E-state index >= 15 is 0 Å². The molecule has 6 nitrogen and oxygen atoms in total. The smallest absolute Gasteiger partial charge is 0.275 e. The van der Waals surface area contributed by atoms with E-state index in [1.54, 1.807) is 0 Å². The highest BCUT2D eigenvalue weighted by Crippen LogP contribution is 2.23. The molecule has 2 aromatic heterocycles. The third kappa shape index (κ3) is 2.48. The average molecular weight is 280 g/mol. The monoisotopic (exact) mass is 280 g/mol. The molecule has 102 valence electrons. The lowest BCUT2D eigenvalue weighted by Gasteiger charge is -2.21. The number of rotatable bonds is 4. The Balaban J connectivity index is 1.83. The molecular formula is C12H16N4O2S. The van der Waals surface area contributed by atoms with Gasteiger partial charge < -0.3 is 10.1 Å². The standard InChI is InChI=1S/C12H16N4O2S/c1-2-8(9-4-3-7-18-9)14-11-15-16-10(17)5-6-13-12(16)19-11/h5-6,8-9H,2-4,7H2,1H3,(H,14,15). The van der Waals surface area contributed by atoms with Crippen molar-refractivity contribution < 1.29 is 4.74 Å². The summed E-state index contributed by atoms with van der Waals surface area (Å²) in [6.07, 6.45) is 4.90. The van der Waals surface area contributed by atoms with Crippen LogP contribution < -0.4 is 10.9 Å². The van der Waals surface area contributed by atoms with Crippen LogP contribution >= 0.6 is 11.3 Å². The van der Waals surface area contributed by atoms with Crippen LogP contribution in [0.5, 0.6) is 0 Å². The van der Waals surface area contributed by atoms with Gasteiger partial charge >= 0.3 is 0 Å². The Bertz CT molecular complexity index is 617. The van der Waals surface area contributed by atoms with Crippen LogP contribution in [0.1, 0.15) is 26.2 Å². The van der Waals surface area contributed by atoms with Crippen molar-refractivity contribution in [3.63, 3.8) is 0 Å². The normalized spacial score (nSPS) is 20.8. The maximum absolute atomic E-state index is 11.6. The van der Waals surface area contributed by atoms with E-state index < -0.39 is 0 Å². The zero-order chi connectivity index (χ0) is 13.2.